The van der Waals surface area contributed by atoms with Crippen molar-refractivity contribution < 1.29 is 36.0 Å². The van der Waals surface area contributed by atoms with Gasteiger partial charge in [-0.3, -0.25) is 0 Å². The predicted molar refractivity (Wildman–Crippen MR) is 113 cm³/mol. The molecule has 1 N–H and O–H groups in total. The quantitative estimate of drug-likeness (QED) is 0.481. The average Bonchev–Trinajstić information content (AvgIpc) is 2.73. The number of hydrogen-bond acceptors (Lipinski definition) is 4. The molecule has 1 saturated heterocycles. The number of alkyl halides is 6. The molecular weight excluding hydrogens is 511 g/mol. The highest BCUT2D eigenvalue weighted by atomic mass is 35.5. The third kappa shape index (κ3) is 6.47. The second kappa shape index (κ2) is 10.2. The van der Waals surface area contributed by atoms with Gasteiger partial charge in [0, 0.05) is 43.3 Å². The minimum Gasteiger partial charge on any atom is -0.350 e. The highest BCUT2D eigenvalue weighted by Crippen LogP contribution is 2.37. The van der Waals surface area contributed by atoms with Gasteiger partial charge in [0.15, 0.2) is 0 Å². The first-order chi connectivity index (χ1) is 15.8. The van der Waals surface area contributed by atoms with Gasteiger partial charge in [-0.15, -0.1) is 5.06 Å². The summed E-state index contributed by atoms with van der Waals surface area (Å²) in [5.41, 5.74) is -2.64. The number of piperazine rings is 1. The maximum absolute atomic E-state index is 13.1. The van der Waals surface area contributed by atoms with Crippen molar-refractivity contribution >= 4 is 29.3 Å². The van der Waals surface area contributed by atoms with E-state index in [4.69, 9.17) is 28.0 Å². The zero-order chi connectivity index (χ0) is 25.3. The summed E-state index contributed by atoms with van der Waals surface area (Å²) >= 11 is 12.2. The fraction of sp³-hybridized carbons (Fsp3) is 0.381. The highest BCUT2D eigenvalue weighted by Gasteiger charge is 2.37. The van der Waals surface area contributed by atoms with Gasteiger partial charge in [0.2, 0.25) is 0 Å². The molecule has 0 aromatic heterocycles. The molecule has 0 radical (unpaired) electrons. The van der Waals surface area contributed by atoms with Gasteiger partial charge >= 0.3 is 18.4 Å². The van der Waals surface area contributed by atoms with Crippen LogP contribution in [0.5, 0.6) is 0 Å². The Hall–Kier alpha value is -2.21. The third-order valence-electron chi connectivity index (χ3n) is 5.09. The summed E-state index contributed by atoms with van der Waals surface area (Å²) in [5, 5.41) is 5.26. The van der Waals surface area contributed by atoms with E-state index in [1.807, 2.05) is 0 Å². The summed E-state index contributed by atoms with van der Waals surface area (Å²) < 4.78 is 78.6. The highest BCUT2D eigenvalue weighted by molar-refractivity contribution is 6.35. The van der Waals surface area contributed by atoms with Crippen LogP contribution in [-0.2, 0) is 23.7 Å². The molecule has 0 spiro atoms. The normalized spacial score (nSPS) is 17.5. The Bertz CT molecular complexity index is 1020. The summed E-state index contributed by atoms with van der Waals surface area (Å²) in [4.78, 5) is 18.9. The number of nitrogens with one attached hydrogen (secondary N) is 1. The van der Waals surface area contributed by atoms with E-state index in [0.717, 1.165) is 4.90 Å². The first kappa shape index (κ1) is 26.4. The molecule has 3 rings (SSSR count). The second-order valence-corrected chi connectivity index (χ2v) is 8.50. The molecule has 34 heavy (non-hydrogen) atoms. The molecule has 2 aromatic carbocycles. The lowest BCUT2D eigenvalue weighted by Gasteiger charge is -2.35. The van der Waals surface area contributed by atoms with Crippen LogP contribution in [0, 0.1) is 0 Å². The molecule has 1 fully saturated rings. The Balaban J connectivity index is 1.77. The number of rotatable bonds is 4. The van der Waals surface area contributed by atoms with Crippen molar-refractivity contribution in [2.75, 3.05) is 26.7 Å². The van der Waals surface area contributed by atoms with Crippen LogP contribution in [0.2, 0.25) is 10.0 Å². The van der Waals surface area contributed by atoms with E-state index >= 15 is 0 Å². The molecule has 1 amide bonds. The molecule has 1 unspecified atom stereocenters. The largest absolute Gasteiger partial charge is 0.428 e. The lowest BCUT2D eigenvalue weighted by atomic mass is 10.0. The molecule has 0 bridgehead atoms. The molecule has 186 valence electrons. The minimum absolute atomic E-state index is 0.0308. The van der Waals surface area contributed by atoms with E-state index in [2.05, 4.69) is 5.32 Å². The number of nitrogens with zero attached hydrogens (tertiary/aromatic N) is 2. The monoisotopic (exact) mass is 529 g/mol. The van der Waals surface area contributed by atoms with E-state index in [1.54, 1.807) is 12.1 Å². The SMILES string of the molecule is CN(Cc1cc(C(F)(F)F)cc(C(F)(F)F)c1)C(=O)ON1CCNCC1c1ccc(Cl)cc1Cl. The van der Waals surface area contributed by atoms with Crippen LogP contribution in [0.1, 0.15) is 28.3 Å². The molecule has 2 aromatic rings. The van der Waals surface area contributed by atoms with E-state index in [1.165, 1.54) is 18.2 Å². The van der Waals surface area contributed by atoms with Crippen molar-refractivity contribution in [3.8, 4) is 0 Å². The van der Waals surface area contributed by atoms with E-state index in [9.17, 15) is 31.1 Å². The third-order valence-corrected chi connectivity index (χ3v) is 5.65. The fourth-order valence-electron chi connectivity index (χ4n) is 3.45. The van der Waals surface area contributed by atoms with Crippen LogP contribution in [0.25, 0.3) is 0 Å². The maximum Gasteiger partial charge on any atom is 0.428 e. The van der Waals surface area contributed by atoms with Gasteiger partial charge < -0.3 is 15.1 Å². The Morgan fingerprint density at radius 1 is 1.09 bits per heavy atom. The van der Waals surface area contributed by atoms with Crippen LogP contribution >= 0.6 is 23.2 Å². The van der Waals surface area contributed by atoms with E-state index in [0.29, 0.717) is 40.8 Å². The molecule has 1 aliphatic rings. The molecule has 1 atom stereocenters. The summed E-state index contributed by atoms with van der Waals surface area (Å²) in [5.74, 6) is 0. The first-order valence-corrected chi connectivity index (χ1v) is 10.6. The number of halogens is 8. The molecular formula is C21H19Cl2F6N3O2. The number of carbonyl (C=O) groups is 1. The molecule has 5 nitrogen and oxygen atoms in total. The Morgan fingerprint density at radius 3 is 2.26 bits per heavy atom. The zero-order valence-corrected chi connectivity index (χ0v) is 19.1. The van der Waals surface area contributed by atoms with Crippen LogP contribution in [0.3, 0.4) is 0 Å². The minimum atomic E-state index is -4.99. The number of hydrogen-bond donors (Lipinski definition) is 1. The lowest BCUT2D eigenvalue weighted by molar-refractivity contribution is -0.150. The van der Waals surface area contributed by atoms with Crippen LogP contribution in [0.4, 0.5) is 31.1 Å². The smallest absolute Gasteiger partial charge is 0.350 e. The Kier molecular flexibility index (Phi) is 7.91. The van der Waals surface area contributed by atoms with Gasteiger partial charge in [-0.25, -0.2) is 4.79 Å². The number of hydroxylamine groups is 2. The second-order valence-electron chi connectivity index (χ2n) is 7.65. The van der Waals surface area contributed by atoms with E-state index in [-0.39, 0.29) is 18.2 Å². The van der Waals surface area contributed by atoms with Gasteiger partial charge in [-0.2, -0.15) is 26.3 Å². The number of benzene rings is 2. The Morgan fingerprint density at radius 2 is 1.71 bits per heavy atom. The summed E-state index contributed by atoms with van der Waals surface area (Å²) in [6.07, 6.45) is -10.9. The average molecular weight is 530 g/mol. The zero-order valence-electron chi connectivity index (χ0n) is 17.6. The van der Waals surface area contributed by atoms with Gasteiger partial charge in [0.1, 0.15) is 0 Å². The predicted octanol–water partition coefficient (Wildman–Crippen LogP) is 6.16. The van der Waals surface area contributed by atoms with Crippen molar-refractivity contribution in [1.82, 2.24) is 15.3 Å². The maximum atomic E-state index is 13.1. The van der Waals surface area contributed by atoms with Crippen LogP contribution in [0.15, 0.2) is 36.4 Å². The van der Waals surface area contributed by atoms with Crippen molar-refractivity contribution in [3.05, 3.63) is 68.7 Å². The summed E-state index contributed by atoms with van der Waals surface area (Å²) in [6.45, 7) is 0.581. The topological polar surface area (TPSA) is 44.8 Å². The molecule has 1 aliphatic heterocycles. The molecule has 0 saturated carbocycles. The summed E-state index contributed by atoms with van der Waals surface area (Å²) in [7, 11) is 1.21. The van der Waals surface area contributed by atoms with Crippen molar-refractivity contribution in [1.29, 1.82) is 0 Å². The number of amides is 1. The molecule has 1 heterocycles. The van der Waals surface area contributed by atoms with Crippen molar-refractivity contribution in [3.63, 3.8) is 0 Å². The standard InChI is InChI=1S/C21H19Cl2F6N3O2/c1-31(11-12-6-13(20(24,25)26)8-14(7-12)21(27,28)29)19(33)34-32-5-4-30-10-18(32)16-3-2-15(22)9-17(16)23/h2-3,6-9,18,30H,4-5,10-11H2,1H3. The Labute approximate surface area is 201 Å². The first-order valence-electron chi connectivity index (χ1n) is 9.89. The van der Waals surface area contributed by atoms with Gasteiger partial charge in [0.25, 0.3) is 0 Å². The summed E-state index contributed by atoms with van der Waals surface area (Å²) in [6, 6.07) is 5.51. The van der Waals surface area contributed by atoms with E-state index < -0.39 is 42.2 Å². The van der Waals surface area contributed by atoms with Crippen molar-refractivity contribution in [2.24, 2.45) is 0 Å². The lowest BCUT2D eigenvalue weighted by Crippen LogP contribution is -2.48. The van der Waals surface area contributed by atoms with Crippen LogP contribution in [-0.4, -0.2) is 42.7 Å². The van der Waals surface area contributed by atoms with Gasteiger partial charge in [-0.05, 0) is 41.5 Å². The van der Waals surface area contributed by atoms with Gasteiger partial charge in [-0.1, -0.05) is 29.3 Å². The molecule has 0 aliphatic carbocycles. The van der Waals surface area contributed by atoms with Crippen molar-refractivity contribution in [2.45, 2.75) is 24.9 Å². The number of carbonyl (C=O) groups excluding carboxylic acids is 1. The van der Waals surface area contributed by atoms with Crippen LogP contribution < -0.4 is 5.32 Å². The van der Waals surface area contributed by atoms with Gasteiger partial charge in [0.05, 0.1) is 17.2 Å². The molecule has 13 heteroatoms. The fourth-order valence-corrected chi connectivity index (χ4v) is 3.99.